The SMILES string of the molecule is NC1=CC(C(=O)O)(C(=O)O)C(c2ccc(N)c(C(=O)O)c2)C=C1C(=O)O. The predicted octanol–water partition coefficient (Wildman–Crippen LogP) is 0.0734. The van der Waals surface area contributed by atoms with Crippen LogP contribution in [-0.2, 0) is 14.4 Å². The van der Waals surface area contributed by atoms with Crippen LogP contribution in [0, 0.1) is 5.41 Å². The van der Waals surface area contributed by atoms with Gasteiger partial charge in [0.1, 0.15) is 0 Å². The van der Waals surface area contributed by atoms with Crippen LogP contribution in [0.4, 0.5) is 5.69 Å². The third kappa shape index (κ3) is 2.73. The zero-order valence-corrected chi connectivity index (χ0v) is 13.0. The van der Waals surface area contributed by atoms with Crippen LogP contribution in [-0.4, -0.2) is 44.3 Å². The summed E-state index contributed by atoms with van der Waals surface area (Å²) in [5.74, 6) is -8.00. The second kappa shape index (κ2) is 6.24. The molecule has 0 radical (unpaired) electrons. The Balaban J connectivity index is 2.81. The molecule has 0 aliphatic heterocycles. The number of rotatable bonds is 5. The van der Waals surface area contributed by atoms with Crippen molar-refractivity contribution >= 4 is 29.6 Å². The van der Waals surface area contributed by atoms with Crippen LogP contribution in [0.3, 0.4) is 0 Å². The molecule has 0 saturated carbocycles. The maximum Gasteiger partial charge on any atom is 0.337 e. The number of hydrogen-bond donors (Lipinski definition) is 6. The Kier molecular flexibility index (Phi) is 4.44. The molecule has 1 atom stereocenters. The van der Waals surface area contributed by atoms with Crippen LogP contribution in [0.1, 0.15) is 21.8 Å². The van der Waals surface area contributed by atoms with E-state index in [0.29, 0.717) is 6.08 Å². The van der Waals surface area contributed by atoms with E-state index in [1.54, 1.807) is 0 Å². The lowest BCUT2D eigenvalue weighted by Gasteiger charge is -2.33. The van der Waals surface area contributed by atoms with Crippen LogP contribution < -0.4 is 11.5 Å². The fourth-order valence-electron chi connectivity index (χ4n) is 2.79. The van der Waals surface area contributed by atoms with E-state index in [4.69, 9.17) is 16.6 Å². The van der Waals surface area contributed by atoms with Crippen molar-refractivity contribution in [1.29, 1.82) is 0 Å². The van der Waals surface area contributed by atoms with Crippen molar-refractivity contribution in [3.8, 4) is 0 Å². The summed E-state index contributed by atoms with van der Waals surface area (Å²) in [6.07, 6.45) is 1.53. The van der Waals surface area contributed by atoms with Gasteiger partial charge >= 0.3 is 23.9 Å². The molecule has 1 aromatic rings. The maximum absolute atomic E-state index is 11.8. The van der Waals surface area contributed by atoms with Crippen molar-refractivity contribution in [3.05, 3.63) is 52.7 Å². The highest BCUT2D eigenvalue weighted by Gasteiger charge is 2.54. The lowest BCUT2D eigenvalue weighted by molar-refractivity contribution is -0.161. The van der Waals surface area contributed by atoms with E-state index in [-0.39, 0.29) is 16.8 Å². The number of benzene rings is 1. The van der Waals surface area contributed by atoms with Crippen molar-refractivity contribution in [1.82, 2.24) is 0 Å². The van der Waals surface area contributed by atoms with E-state index >= 15 is 0 Å². The summed E-state index contributed by atoms with van der Waals surface area (Å²) in [5, 5.41) is 37.5. The molecule has 1 unspecified atom stereocenters. The van der Waals surface area contributed by atoms with Crippen LogP contribution in [0.5, 0.6) is 0 Å². The van der Waals surface area contributed by atoms with E-state index in [2.05, 4.69) is 0 Å². The highest BCUT2D eigenvalue weighted by Crippen LogP contribution is 2.45. The van der Waals surface area contributed by atoms with Crippen molar-refractivity contribution in [2.75, 3.05) is 5.73 Å². The third-order valence-corrected chi connectivity index (χ3v) is 4.12. The second-order valence-corrected chi connectivity index (χ2v) is 5.59. The molecule has 0 amide bonds. The third-order valence-electron chi connectivity index (χ3n) is 4.12. The molecule has 0 aromatic heterocycles. The standard InChI is InChI=1S/C16H14N2O8/c17-10-2-1-6(3-7(10)12(19)20)9-4-8(13(21)22)11(18)5-16(9,14(23)24)15(25)26/h1-5,9H,17-18H2,(H,19,20)(H,21,22)(H,23,24)(H,25,26). The fourth-order valence-corrected chi connectivity index (χ4v) is 2.79. The smallest absolute Gasteiger partial charge is 0.337 e. The van der Waals surface area contributed by atoms with E-state index < -0.39 is 46.5 Å². The van der Waals surface area contributed by atoms with Gasteiger partial charge < -0.3 is 31.9 Å². The Morgan fingerprint density at radius 2 is 1.50 bits per heavy atom. The van der Waals surface area contributed by atoms with Crippen LogP contribution in [0.2, 0.25) is 0 Å². The van der Waals surface area contributed by atoms with Gasteiger partial charge in [0.05, 0.1) is 11.1 Å². The Bertz CT molecular complexity index is 886. The van der Waals surface area contributed by atoms with E-state index in [1.807, 2.05) is 0 Å². The Hall–Kier alpha value is -3.82. The predicted molar refractivity (Wildman–Crippen MR) is 86.2 cm³/mol. The number of anilines is 1. The van der Waals surface area contributed by atoms with Crippen molar-refractivity contribution < 1.29 is 39.6 Å². The van der Waals surface area contributed by atoms with Crippen molar-refractivity contribution in [3.63, 3.8) is 0 Å². The first-order chi connectivity index (χ1) is 12.0. The monoisotopic (exact) mass is 362 g/mol. The van der Waals surface area contributed by atoms with Gasteiger partial charge in [0.2, 0.25) is 0 Å². The number of aromatic carboxylic acids is 1. The highest BCUT2D eigenvalue weighted by molar-refractivity contribution is 6.05. The maximum atomic E-state index is 11.8. The van der Waals surface area contributed by atoms with Gasteiger partial charge in [0.15, 0.2) is 5.41 Å². The average Bonchev–Trinajstić information content (AvgIpc) is 2.53. The molecule has 26 heavy (non-hydrogen) atoms. The van der Waals surface area contributed by atoms with E-state index in [9.17, 15) is 34.5 Å². The minimum absolute atomic E-state index is 0.0519. The molecule has 0 heterocycles. The molecule has 0 spiro atoms. The van der Waals surface area contributed by atoms with Gasteiger partial charge in [0, 0.05) is 17.3 Å². The van der Waals surface area contributed by atoms with Crippen LogP contribution >= 0.6 is 0 Å². The van der Waals surface area contributed by atoms with Crippen LogP contribution in [0.25, 0.3) is 0 Å². The average molecular weight is 362 g/mol. The summed E-state index contributed by atoms with van der Waals surface area (Å²) in [5.41, 5.74) is 6.93. The zero-order chi connectivity index (χ0) is 19.8. The number of nitrogens with two attached hydrogens (primary N) is 2. The number of hydrogen-bond acceptors (Lipinski definition) is 6. The summed E-state index contributed by atoms with van der Waals surface area (Å²) in [6, 6.07) is 3.41. The molecule has 10 heteroatoms. The van der Waals surface area contributed by atoms with Gasteiger partial charge in [-0.3, -0.25) is 9.59 Å². The number of carboxylic acids is 4. The minimum Gasteiger partial charge on any atom is -0.480 e. The number of aliphatic carboxylic acids is 3. The summed E-state index contributed by atoms with van der Waals surface area (Å²) < 4.78 is 0. The van der Waals surface area contributed by atoms with Crippen molar-refractivity contribution in [2.45, 2.75) is 5.92 Å². The van der Waals surface area contributed by atoms with E-state index in [0.717, 1.165) is 12.1 Å². The zero-order valence-electron chi connectivity index (χ0n) is 13.0. The second-order valence-electron chi connectivity index (χ2n) is 5.59. The molecule has 1 aliphatic rings. The molecule has 1 aromatic carbocycles. The van der Waals surface area contributed by atoms with Crippen molar-refractivity contribution in [2.24, 2.45) is 11.1 Å². The molecule has 10 nitrogen and oxygen atoms in total. The largest absolute Gasteiger partial charge is 0.480 e. The summed E-state index contributed by atoms with van der Waals surface area (Å²) in [7, 11) is 0. The summed E-state index contributed by atoms with van der Waals surface area (Å²) in [6.45, 7) is 0. The first-order valence-corrected chi connectivity index (χ1v) is 7.05. The lowest BCUT2D eigenvalue weighted by Crippen LogP contribution is -2.45. The minimum atomic E-state index is -2.62. The topological polar surface area (TPSA) is 201 Å². The number of allylic oxidation sites excluding steroid dienone is 1. The number of carbonyl (C=O) groups is 4. The summed E-state index contributed by atoms with van der Waals surface area (Å²) in [4.78, 5) is 46.2. The highest BCUT2D eigenvalue weighted by atomic mass is 16.4. The van der Waals surface area contributed by atoms with Gasteiger partial charge in [-0.2, -0.15) is 0 Å². The molecular weight excluding hydrogens is 348 g/mol. The van der Waals surface area contributed by atoms with Gasteiger partial charge in [-0.05, 0) is 23.8 Å². The molecule has 136 valence electrons. The van der Waals surface area contributed by atoms with Gasteiger partial charge in [0.25, 0.3) is 0 Å². The Morgan fingerprint density at radius 1 is 0.923 bits per heavy atom. The molecular formula is C16H14N2O8. The van der Waals surface area contributed by atoms with E-state index in [1.165, 1.54) is 12.1 Å². The molecule has 2 rings (SSSR count). The normalized spacial score (nSPS) is 18.4. The van der Waals surface area contributed by atoms with Crippen LogP contribution in [0.15, 0.2) is 41.6 Å². The van der Waals surface area contributed by atoms with Gasteiger partial charge in [-0.15, -0.1) is 0 Å². The molecule has 0 bridgehead atoms. The first-order valence-electron chi connectivity index (χ1n) is 7.05. The number of nitrogen functional groups attached to an aromatic ring is 1. The van der Waals surface area contributed by atoms with Gasteiger partial charge in [-0.25, -0.2) is 9.59 Å². The lowest BCUT2D eigenvalue weighted by atomic mass is 9.67. The first kappa shape index (κ1) is 18.5. The molecule has 8 N–H and O–H groups in total. The summed E-state index contributed by atoms with van der Waals surface area (Å²) >= 11 is 0. The molecule has 0 saturated heterocycles. The van der Waals surface area contributed by atoms with Gasteiger partial charge in [-0.1, -0.05) is 12.1 Å². The quantitative estimate of drug-likeness (QED) is 0.307. The fraction of sp³-hybridized carbons (Fsp3) is 0.125. The molecule has 0 fully saturated rings. The Labute approximate surface area is 145 Å². The molecule has 1 aliphatic carbocycles. The number of carboxylic acid groups (broad SMARTS) is 4. The Morgan fingerprint density at radius 3 is 1.96 bits per heavy atom.